The molecule has 0 spiro atoms. The SMILES string of the molecule is O=C(COC(=O)/C=C/c1cnc2ccccc2n1)Nc1ccccc1C(F)(F)F. The van der Waals surface area contributed by atoms with Crippen molar-refractivity contribution >= 4 is 34.7 Å². The Morgan fingerprint density at radius 2 is 1.72 bits per heavy atom. The number of alkyl halides is 3. The van der Waals surface area contributed by atoms with Crippen LogP contribution in [0.15, 0.2) is 60.8 Å². The lowest BCUT2D eigenvalue weighted by Gasteiger charge is -2.13. The van der Waals surface area contributed by atoms with Crippen molar-refractivity contribution in [3.05, 3.63) is 72.1 Å². The van der Waals surface area contributed by atoms with Crippen LogP contribution in [0.1, 0.15) is 11.3 Å². The molecule has 2 aromatic carbocycles. The van der Waals surface area contributed by atoms with Crippen molar-refractivity contribution in [1.82, 2.24) is 9.97 Å². The maximum absolute atomic E-state index is 12.9. The number of rotatable bonds is 5. The fraction of sp³-hybridized carbons (Fsp3) is 0.100. The molecular formula is C20H14F3N3O3. The molecule has 0 saturated carbocycles. The summed E-state index contributed by atoms with van der Waals surface area (Å²) < 4.78 is 43.5. The van der Waals surface area contributed by atoms with Crippen molar-refractivity contribution in [3.8, 4) is 0 Å². The second kappa shape index (κ2) is 8.51. The molecule has 0 fully saturated rings. The lowest BCUT2D eigenvalue weighted by Crippen LogP contribution is -2.22. The van der Waals surface area contributed by atoms with Crippen molar-refractivity contribution in [1.29, 1.82) is 0 Å². The second-order valence-corrected chi connectivity index (χ2v) is 5.82. The summed E-state index contributed by atoms with van der Waals surface area (Å²) in [6, 6.07) is 11.7. The second-order valence-electron chi connectivity index (χ2n) is 5.82. The van der Waals surface area contributed by atoms with Crippen LogP contribution in [0.3, 0.4) is 0 Å². The number of halogens is 3. The largest absolute Gasteiger partial charge is 0.452 e. The first-order valence-corrected chi connectivity index (χ1v) is 8.35. The highest BCUT2D eigenvalue weighted by molar-refractivity contribution is 5.95. The quantitative estimate of drug-likeness (QED) is 0.519. The number of carbonyl (C=O) groups excluding carboxylic acids is 2. The third-order valence-electron chi connectivity index (χ3n) is 3.71. The number of anilines is 1. The predicted octanol–water partition coefficient (Wildman–Crippen LogP) is 3.84. The maximum atomic E-state index is 12.9. The van der Waals surface area contributed by atoms with Crippen LogP contribution in [0.2, 0.25) is 0 Å². The molecule has 0 saturated heterocycles. The van der Waals surface area contributed by atoms with Crippen LogP contribution in [0.25, 0.3) is 17.1 Å². The Kier molecular flexibility index (Phi) is 5.87. The molecule has 0 bridgehead atoms. The Morgan fingerprint density at radius 3 is 2.48 bits per heavy atom. The molecule has 1 amide bonds. The van der Waals surface area contributed by atoms with E-state index in [2.05, 4.69) is 15.3 Å². The summed E-state index contributed by atoms with van der Waals surface area (Å²) in [5, 5.41) is 2.08. The number of benzene rings is 2. The molecule has 1 aromatic heterocycles. The van der Waals surface area contributed by atoms with Gasteiger partial charge in [0.2, 0.25) is 0 Å². The third-order valence-corrected chi connectivity index (χ3v) is 3.71. The van der Waals surface area contributed by atoms with Crippen LogP contribution < -0.4 is 5.32 Å². The van der Waals surface area contributed by atoms with Crippen LogP contribution in [-0.4, -0.2) is 28.5 Å². The molecule has 0 radical (unpaired) electrons. The van der Waals surface area contributed by atoms with E-state index in [0.717, 1.165) is 18.2 Å². The van der Waals surface area contributed by atoms with Gasteiger partial charge in [0.25, 0.3) is 5.91 Å². The molecule has 1 heterocycles. The van der Waals surface area contributed by atoms with E-state index in [1.54, 1.807) is 18.2 Å². The van der Waals surface area contributed by atoms with E-state index in [1.165, 1.54) is 24.4 Å². The number of esters is 1. The van der Waals surface area contributed by atoms with Gasteiger partial charge in [-0.3, -0.25) is 9.78 Å². The minimum Gasteiger partial charge on any atom is -0.452 e. The normalized spacial score (nSPS) is 11.6. The highest BCUT2D eigenvalue weighted by Crippen LogP contribution is 2.34. The van der Waals surface area contributed by atoms with E-state index < -0.39 is 35.9 Å². The zero-order chi connectivity index (χ0) is 20.9. The Morgan fingerprint density at radius 1 is 1.03 bits per heavy atom. The number of fused-ring (bicyclic) bond motifs is 1. The predicted molar refractivity (Wildman–Crippen MR) is 99.6 cm³/mol. The summed E-state index contributed by atoms with van der Waals surface area (Å²) in [6.45, 7) is -0.737. The summed E-state index contributed by atoms with van der Waals surface area (Å²) >= 11 is 0. The Hall–Kier alpha value is -3.75. The molecule has 0 unspecified atom stereocenters. The molecule has 0 aliphatic rings. The van der Waals surface area contributed by atoms with Crippen molar-refractivity contribution in [2.24, 2.45) is 0 Å². The van der Waals surface area contributed by atoms with Crippen LogP contribution in [-0.2, 0) is 20.5 Å². The number of para-hydroxylation sites is 3. The summed E-state index contributed by atoms with van der Waals surface area (Å²) in [6.07, 6.45) is -0.745. The third kappa shape index (κ3) is 5.38. The minimum absolute atomic E-state index is 0.407. The number of nitrogens with zero attached hydrogens (tertiary/aromatic N) is 2. The Bertz CT molecular complexity index is 1080. The topological polar surface area (TPSA) is 81.2 Å². The molecule has 0 aliphatic heterocycles. The molecule has 148 valence electrons. The summed E-state index contributed by atoms with van der Waals surface area (Å²) in [7, 11) is 0. The van der Waals surface area contributed by atoms with Crippen molar-refractivity contribution < 1.29 is 27.5 Å². The Labute approximate surface area is 163 Å². The number of hydrogen-bond acceptors (Lipinski definition) is 5. The first-order chi connectivity index (χ1) is 13.8. The molecule has 9 heteroatoms. The van der Waals surface area contributed by atoms with Crippen LogP contribution in [0, 0.1) is 0 Å². The van der Waals surface area contributed by atoms with E-state index in [1.807, 2.05) is 6.07 Å². The number of nitrogens with one attached hydrogen (secondary N) is 1. The average Bonchev–Trinajstić information content (AvgIpc) is 2.70. The van der Waals surface area contributed by atoms with Gasteiger partial charge in [-0.2, -0.15) is 13.2 Å². The van der Waals surface area contributed by atoms with Gasteiger partial charge >= 0.3 is 12.1 Å². The number of carbonyl (C=O) groups is 2. The van der Waals surface area contributed by atoms with Gasteiger partial charge in [0.05, 0.1) is 34.2 Å². The number of hydrogen-bond donors (Lipinski definition) is 1. The van der Waals surface area contributed by atoms with Crippen molar-refractivity contribution in [3.63, 3.8) is 0 Å². The fourth-order valence-electron chi connectivity index (χ4n) is 2.42. The van der Waals surface area contributed by atoms with Gasteiger partial charge in [-0.15, -0.1) is 0 Å². The zero-order valence-corrected chi connectivity index (χ0v) is 14.8. The highest BCUT2D eigenvalue weighted by Gasteiger charge is 2.33. The van der Waals surface area contributed by atoms with Crippen LogP contribution in [0.4, 0.5) is 18.9 Å². The monoisotopic (exact) mass is 401 g/mol. The number of aromatic nitrogens is 2. The van der Waals surface area contributed by atoms with E-state index in [-0.39, 0.29) is 0 Å². The van der Waals surface area contributed by atoms with Crippen molar-refractivity contribution in [2.45, 2.75) is 6.18 Å². The van der Waals surface area contributed by atoms with E-state index in [4.69, 9.17) is 4.74 Å². The molecule has 3 rings (SSSR count). The van der Waals surface area contributed by atoms with Gasteiger partial charge in [0.15, 0.2) is 6.61 Å². The average molecular weight is 401 g/mol. The van der Waals surface area contributed by atoms with E-state index in [0.29, 0.717) is 16.7 Å². The lowest BCUT2D eigenvalue weighted by molar-refractivity contribution is -0.142. The molecule has 6 nitrogen and oxygen atoms in total. The van der Waals surface area contributed by atoms with Gasteiger partial charge in [-0.05, 0) is 30.3 Å². The highest BCUT2D eigenvalue weighted by atomic mass is 19.4. The lowest BCUT2D eigenvalue weighted by atomic mass is 10.1. The van der Waals surface area contributed by atoms with Crippen LogP contribution >= 0.6 is 0 Å². The van der Waals surface area contributed by atoms with Crippen molar-refractivity contribution in [2.75, 3.05) is 11.9 Å². The van der Waals surface area contributed by atoms with Crippen LogP contribution in [0.5, 0.6) is 0 Å². The standard InChI is InChI=1S/C20H14F3N3O3/c21-20(22,23)14-5-1-2-6-15(14)26-18(27)12-29-19(28)10-9-13-11-24-16-7-3-4-8-17(16)25-13/h1-11H,12H2,(H,26,27)/b10-9+. The maximum Gasteiger partial charge on any atom is 0.418 e. The molecule has 3 aromatic rings. The summed E-state index contributed by atoms with van der Waals surface area (Å²) in [4.78, 5) is 32.0. The van der Waals surface area contributed by atoms with Gasteiger partial charge in [0, 0.05) is 6.08 Å². The summed E-state index contributed by atoms with van der Waals surface area (Å²) in [5.41, 5.74) is 0.343. The van der Waals surface area contributed by atoms with Gasteiger partial charge in [-0.25, -0.2) is 9.78 Å². The molecule has 1 N–H and O–H groups in total. The first-order valence-electron chi connectivity index (χ1n) is 8.35. The smallest absolute Gasteiger partial charge is 0.418 e. The molecule has 29 heavy (non-hydrogen) atoms. The summed E-state index contributed by atoms with van der Waals surface area (Å²) in [5.74, 6) is -1.74. The fourth-order valence-corrected chi connectivity index (χ4v) is 2.42. The van der Waals surface area contributed by atoms with Gasteiger partial charge in [0.1, 0.15) is 0 Å². The number of amides is 1. The zero-order valence-electron chi connectivity index (χ0n) is 14.8. The first kappa shape index (κ1) is 20.0. The minimum atomic E-state index is -4.62. The Balaban J connectivity index is 1.56. The molecule has 0 aliphatic carbocycles. The van der Waals surface area contributed by atoms with E-state index >= 15 is 0 Å². The number of ether oxygens (including phenoxy) is 1. The molecular weight excluding hydrogens is 387 g/mol. The van der Waals surface area contributed by atoms with E-state index in [9.17, 15) is 22.8 Å². The molecule has 0 atom stereocenters. The van der Waals surface area contributed by atoms with Gasteiger partial charge < -0.3 is 10.1 Å². The van der Waals surface area contributed by atoms with Gasteiger partial charge in [-0.1, -0.05) is 24.3 Å².